The van der Waals surface area contributed by atoms with E-state index in [4.69, 9.17) is 17.3 Å². The van der Waals surface area contributed by atoms with Gasteiger partial charge in [0.2, 0.25) is 5.91 Å². The Morgan fingerprint density at radius 3 is 2.35 bits per heavy atom. The number of halogens is 1. The topological polar surface area (TPSA) is 43.1 Å². The van der Waals surface area contributed by atoms with Crippen molar-refractivity contribution in [3.63, 3.8) is 0 Å². The lowest BCUT2D eigenvalue weighted by Gasteiger charge is -2.09. The van der Waals surface area contributed by atoms with Crippen molar-refractivity contribution in [2.45, 2.75) is 12.8 Å². The monoisotopic (exact) mass is 247 g/mol. The molecule has 2 N–H and O–H groups in total. The van der Waals surface area contributed by atoms with Gasteiger partial charge >= 0.3 is 0 Å². The number of hydrogen-bond donors (Lipinski definition) is 1. The Bertz CT molecular complexity index is 483. The Labute approximate surface area is 106 Å². The molecule has 0 unspecified atom stereocenters. The van der Waals surface area contributed by atoms with E-state index >= 15 is 0 Å². The fraction of sp³-hybridized carbons (Fsp3) is 0.214. The maximum atomic E-state index is 11.6. The van der Waals surface area contributed by atoms with Crippen LogP contribution >= 0.6 is 11.6 Å². The third kappa shape index (κ3) is 2.59. The van der Waals surface area contributed by atoms with Crippen LogP contribution in [-0.2, 0) is 4.79 Å². The average molecular weight is 248 g/mol. The molecule has 1 aliphatic carbocycles. The second-order valence-electron chi connectivity index (χ2n) is 4.18. The van der Waals surface area contributed by atoms with Gasteiger partial charge in [-0.25, -0.2) is 0 Å². The van der Waals surface area contributed by atoms with E-state index in [0.29, 0.717) is 16.5 Å². The molecule has 0 aliphatic heterocycles. The molecule has 0 atom stereocenters. The fourth-order valence-corrected chi connectivity index (χ4v) is 2.06. The molecule has 0 heterocycles. The Morgan fingerprint density at radius 2 is 1.94 bits per heavy atom. The minimum absolute atomic E-state index is 0.408. The maximum absolute atomic E-state index is 11.6. The van der Waals surface area contributed by atoms with Gasteiger partial charge < -0.3 is 5.73 Å². The van der Waals surface area contributed by atoms with Crippen molar-refractivity contribution in [3.8, 4) is 0 Å². The summed E-state index contributed by atoms with van der Waals surface area (Å²) in [6, 6.07) is 7.14. The molecular formula is C14H14ClNO. The zero-order valence-corrected chi connectivity index (χ0v) is 10.2. The summed E-state index contributed by atoms with van der Waals surface area (Å²) < 4.78 is 0. The van der Waals surface area contributed by atoms with Crippen LogP contribution in [0.1, 0.15) is 18.4 Å². The third-order valence-electron chi connectivity index (χ3n) is 2.91. The van der Waals surface area contributed by atoms with Gasteiger partial charge in [0.15, 0.2) is 0 Å². The Hall–Kier alpha value is -1.54. The summed E-state index contributed by atoms with van der Waals surface area (Å²) in [5.74, 6) is 0.0276. The van der Waals surface area contributed by atoms with Gasteiger partial charge in [-0.2, -0.15) is 0 Å². The molecule has 0 bridgehead atoms. The van der Waals surface area contributed by atoms with Gasteiger partial charge in [-0.1, -0.05) is 36.4 Å². The molecule has 0 radical (unpaired) electrons. The first-order chi connectivity index (χ1) is 8.13. The van der Waals surface area contributed by atoms with Crippen molar-refractivity contribution in [1.29, 1.82) is 0 Å². The number of nitrogens with two attached hydrogens (primary N) is 1. The molecule has 0 aromatic heterocycles. The van der Waals surface area contributed by atoms with E-state index in [1.54, 1.807) is 18.2 Å². The third-order valence-corrected chi connectivity index (χ3v) is 3.16. The van der Waals surface area contributed by atoms with Gasteiger partial charge in [0, 0.05) is 10.6 Å². The molecule has 3 heteroatoms. The predicted octanol–water partition coefficient (Wildman–Crippen LogP) is 3.17. The number of amides is 1. The van der Waals surface area contributed by atoms with Crippen LogP contribution in [0.3, 0.4) is 0 Å². The zero-order valence-electron chi connectivity index (χ0n) is 9.45. The Kier molecular flexibility index (Phi) is 3.34. The predicted molar refractivity (Wildman–Crippen MR) is 70.5 cm³/mol. The van der Waals surface area contributed by atoms with Crippen LogP contribution in [0.25, 0.3) is 5.57 Å². The van der Waals surface area contributed by atoms with E-state index in [9.17, 15) is 4.79 Å². The lowest BCUT2D eigenvalue weighted by atomic mass is 9.96. The van der Waals surface area contributed by atoms with E-state index in [1.807, 2.05) is 12.1 Å². The summed E-state index contributed by atoms with van der Waals surface area (Å²) >= 11 is 5.83. The number of carbonyl (C=O) groups excluding carboxylic acids is 1. The van der Waals surface area contributed by atoms with Crippen molar-refractivity contribution in [3.05, 3.63) is 53.1 Å². The Balaban J connectivity index is 2.51. The molecule has 1 saturated carbocycles. The standard InChI is InChI=1S/C14H14ClNO/c1-2-12(9-3-4-9)13(14(16)17)10-5-7-11(15)8-6-10/h2,5-9H,1,3-4H2,(H2,16,17)/b13-12-. The zero-order chi connectivity index (χ0) is 12.4. The number of benzene rings is 1. The van der Waals surface area contributed by atoms with E-state index in [-0.39, 0.29) is 0 Å². The molecule has 1 fully saturated rings. The van der Waals surface area contributed by atoms with Crippen LogP contribution in [-0.4, -0.2) is 5.91 Å². The molecule has 2 rings (SSSR count). The molecule has 1 aromatic rings. The molecule has 0 spiro atoms. The first-order valence-corrected chi connectivity index (χ1v) is 5.93. The van der Waals surface area contributed by atoms with Crippen LogP contribution < -0.4 is 5.73 Å². The smallest absolute Gasteiger partial charge is 0.249 e. The summed E-state index contributed by atoms with van der Waals surface area (Å²) in [4.78, 5) is 11.6. The number of allylic oxidation sites excluding steroid dienone is 2. The number of carbonyl (C=O) groups is 1. The molecule has 2 nitrogen and oxygen atoms in total. The molecule has 1 aromatic carbocycles. The summed E-state index contributed by atoms with van der Waals surface area (Å²) in [5, 5.41) is 0.643. The first kappa shape index (κ1) is 11.9. The van der Waals surface area contributed by atoms with Crippen LogP contribution in [0.15, 0.2) is 42.5 Å². The Morgan fingerprint density at radius 1 is 1.35 bits per heavy atom. The van der Waals surface area contributed by atoms with Gasteiger partial charge in [0.05, 0.1) is 0 Å². The summed E-state index contributed by atoms with van der Waals surface area (Å²) in [6.45, 7) is 3.78. The molecule has 0 saturated heterocycles. The van der Waals surface area contributed by atoms with Crippen molar-refractivity contribution >= 4 is 23.1 Å². The highest BCUT2D eigenvalue weighted by atomic mass is 35.5. The van der Waals surface area contributed by atoms with E-state index in [1.165, 1.54) is 0 Å². The molecule has 17 heavy (non-hydrogen) atoms. The second-order valence-corrected chi connectivity index (χ2v) is 4.62. The average Bonchev–Trinajstić information content (AvgIpc) is 3.11. The van der Waals surface area contributed by atoms with Crippen molar-refractivity contribution in [2.75, 3.05) is 0 Å². The maximum Gasteiger partial charge on any atom is 0.249 e. The summed E-state index contributed by atoms with van der Waals surface area (Å²) in [7, 11) is 0. The lowest BCUT2D eigenvalue weighted by molar-refractivity contribution is -0.112. The highest BCUT2D eigenvalue weighted by molar-refractivity contribution is 6.30. The minimum atomic E-state index is -0.408. The van der Waals surface area contributed by atoms with Crippen LogP contribution in [0.5, 0.6) is 0 Å². The van der Waals surface area contributed by atoms with E-state index in [2.05, 4.69) is 6.58 Å². The molecule has 1 amide bonds. The van der Waals surface area contributed by atoms with Gasteiger partial charge in [-0.15, -0.1) is 0 Å². The van der Waals surface area contributed by atoms with E-state index in [0.717, 1.165) is 24.0 Å². The van der Waals surface area contributed by atoms with Gasteiger partial charge in [-0.05, 0) is 42.0 Å². The normalized spacial score (nSPS) is 16.3. The van der Waals surface area contributed by atoms with Crippen molar-refractivity contribution in [1.82, 2.24) is 0 Å². The largest absolute Gasteiger partial charge is 0.366 e. The molecule has 88 valence electrons. The van der Waals surface area contributed by atoms with E-state index < -0.39 is 5.91 Å². The summed E-state index contributed by atoms with van der Waals surface area (Å²) in [6.07, 6.45) is 3.95. The number of rotatable bonds is 4. The van der Waals surface area contributed by atoms with Gasteiger partial charge in [0.1, 0.15) is 0 Å². The SMILES string of the molecule is C=C/C(=C(/C(N)=O)c1ccc(Cl)cc1)C1CC1. The quantitative estimate of drug-likeness (QED) is 0.645. The van der Waals surface area contributed by atoms with Crippen LogP contribution in [0, 0.1) is 5.92 Å². The van der Waals surface area contributed by atoms with Crippen LogP contribution in [0.4, 0.5) is 0 Å². The highest BCUT2D eigenvalue weighted by Crippen LogP contribution is 2.40. The van der Waals surface area contributed by atoms with Crippen molar-refractivity contribution < 1.29 is 4.79 Å². The van der Waals surface area contributed by atoms with Gasteiger partial charge in [-0.3, -0.25) is 4.79 Å². The highest BCUT2D eigenvalue weighted by Gasteiger charge is 2.28. The summed E-state index contributed by atoms with van der Waals surface area (Å²) in [5.41, 5.74) is 7.81. The van der Waals surface area contributed by atoms with Crippen molar-refractivity contribution in [2.24, 2.45) is 11.7 Å². The number of primary amides is 1. The van der Waals surface area contributed by atoms with Crippen LogP contribution in [0.2, 0.25) is 5.02 Å². The number of hydrogen-bond acceptors (Lipinski definition) is 1. The molecular weight excluding hydrogens is 234 g/mol. The second kappa shape index (κ2) is 4.76. The molecule has 1 aliphatic rings. The van der Waals surface area contributed by atoms with Gasteiger partial charge in [0.25, 0.3) is 0 Å². The minimum Gasteiger partial charge on any atom is -0.366 e. The fourth-order valence-electron chi connectivity index (χ4n) is 1.93. The lowest BCUT2D eigenvalue weighted by Crippen LogP contribution is -2.15. The first-order valence-electron chi connectivity index (χ1n) is 5.56.